The van der Waals surface area contributed by atoms with Gasteiger partial charge in [-0.15, -0.1) is 0 Å². The predicted octanol–water partition coefficient (Wildman–Crippen LogP) is 1.07. The van der Waals surface area contributed by atoms with Crippen LogP contribution in [-0.2, 0) is 9.53 Å². The van der Waals surface area contributed by atoms with Gasteiger partial charge < -0.3 is 10.5 Å². The van der Waals surface area contributed by atoms with E-state index in [0.29, 0.717) is 6.61 Å². The molecule has 0 aliphatic heterocycles. The number of unbranched alkanes of at least 4 members (excludes halogenated alkanes) is 1. The van der Waals surface area contributed by atoms with E-state index in [4.69, 9.17) is 10.5 Å². The van der Waals surface area contributed by atoms with Gasteiger partial charge in [0.05, 0.1) is 6.61 Å². The van der Waals surface area contributed by atoms with Crippen molar-refractivity contribution in [2.45, 2.75) is 39.2 Å². The molecule has 0 spiro atoms. The number of carbonyl (C=O) groups excluding carboxylic acids is 1. The molecule has 0 unspecified atom stereocenters. The van der Waals surface area contributed by atoms with Crippen molar-refractivity contribution in [2.24, 2.45) is 5.73 Å². The van der Waals surface area contributed by atoms with Gasteiger partial charge >= 0.3 is 5.97 Å². The molecule has 0 aliphatic rings. The van der Waals surface area contributed by atoms with Crippen molar-refractivity contribution < 1.29 is 9.53 Å². The lowest BCUT2D eigenvalue weighted by Crippen LogP contribution is -2.42. The molecule has 0 aromatic heterocycles. The Bertz CT molecular complexity index is 127. The Kier molecular flexibility index (Phi) is 4.11. The normalized spacial score (nSPS) is 11.3. The molecular weight excluding hydrogens is 142 g/mol. The minimum Gasteiger partial charge on any atom is -0.464 e. The lowest BCUT2D eigenvalue weighted by Gasteiger charge is -2.16. The molecule has 0 atom stereocenters. The smallest absolute Gasteiger partial charge is 0.325 e. The summed E-state index contributed by atoms with van der Waals surface area (Å²) in [4.78, 5) is 11.0. The fourth-order valence-electron chi connectivity index (χ4n) is 0.495. The zero-order chi connectivity index (χ0) is 8.91. The number of hydrogen-bond acceptors (Lipinski definition) is 3. The van der Waals surface area contributed by atoms with Crippen LogP contribution in [0.1, 0.15) is 33.6 Å². The largest absolute Gasteiger partial charge is 0.464 e. The van der Waals surface area contributed by atoms with Crippen LogP contribution < -0.4 is 5.73 Å². The molecule has 0 saturated heterocycles. The summed E-state index contributed by atoms with van der Waals surface area (Å²) in [5.41, 5.74) is 4.63. The highest BCUT2D eigenvalue weighted by molar-refractivity contribution is 5.79. The van der Waals surface area contributed by atoms with E-state index < -0.39 is 5.54 Å². The molecule has 0 saturated carbocycles. The maximum atomic E-state index is 11.0. The Balaban J connectivity index is 3.54. The average Bonchev–Trinajstić information content (AvgIpc) is 1.86. The Morgan fingerprint density at radius 3 is 2.45 bits per heavy atom. The van der Waals surface area contributed by atoms with E-state index in [-0.39, 0.29) is 5.97 Å². The fourth-order valence-corrected chi connectivity index (χ4v) is 0.495. The first kappa shape index (κ1) is 10.4. The molecule has 11 heavy (non-hydrogen) atoms. The summed E-state index contributed by atoms with van der Waals surface area (Å²) < 4.78 is 4.88. The van der Waals surface area contributed by atoms with E-state index in [2.05, 4.69) is 0 Å². The Morgan fingerprint density at radius 2 is 2.09 bits per heavy atom. The van der Waals surface area contributed by atoms with Crippen LogP contribution in [0.4, 0.5) is 0 Å². The van der Waals surface area contributed by atoms with Crippen molar-refractivity contribution in [3.63, 3.8) is 0 Å². The Hall–Kier alpha value is -0.570. The lowest BCUT2D eigenvalue weighted by atomic mass is 10.1. The molecule has 0 amide bonds. The Morgan fingerprint density at radius 1 is 1.55 bits per heavy atom. The number of rotatable bonds is 4. The molecule has 3 heteroatoms. The van der Waals surface area contributed by atoms with Gasteiger partial charge in [0.25, 0.3) is 0 Å². The van der Waals surface area contributed by atoms with Crippen LogP contribution in [0, 0.1) is 0 Å². The Labute approximate surface area is 67.9 Å². The number of carbonyl (C=O) groups is 1. The van der Waals surface area contributed by atoms with Crippen LogP contribution in [0.25, 0.3) is 0 Å². The molecule has 0 fully saturated rings. The zero-order valence-corrected chi connectivity index (χ0v) is 7.52. The standard InChI is InChI=1S/C8H17NO2/c1-4-5-6-11-7(10)8(2,3)9/h4-6,9H2,1-3H3. The molecule has 0 rings (SSSR count). The van der Waals surface area contributed by atoms with Gasteiger partial charge in [-0.2, -0.15) is 0 Å². The first-order chi connectivity index (χ1) is 4.98. The molecule has 3 nitrogen and oxygen atoms in total. The molecule has 0 heterocycles. The molecule has 0 radical (unpaired) electrons. The van der Waals surface area contributed by atoms with Crippen molar-refractivity contribution in [2.75, 3.05) is 6.61 Å². The van der Waals surface area contributed by atoms with Gasteiger partial charge in [0.15, 0.2) is 0 Å². The fraction of sp³-hybridized carbons (Fsp3) is 0.875. The van der Waals surface area contributed by atoms with Gasteiger partial charge in [0, 0.05) is 0 Å². The van der Waals surface area contributed by atoms with Crippen LogP contribution in [0.2, 0.25) is 0 Å². The monoisotopic (exact) mass is 159 g/mol. The van der Waals surface area contributed by atoms with Gasteiger partial charge in [-0.05, 0) is 20.3 Å². The van der Waals surface area contributed by atoms with Crippen LogP contribution in [-0.4, -0.2) is 18.1 Å². The number of esters is 1. The van der Waals surface area contributed by atoms with Crippen LogP contribution in [0.5, 0.6) is 0 Å². The third-order valence-corrected chi connectivity index (χ3v) is 1.26. The molecule has 0 bridgehead atoms. The van der Waals surface area contributed by atoms with Crippen molar-refractivity contribution in [3.8, 4) is 0 Å². The van der Waals surface area contributed by atoms with E-state index in [0.717, 1.165) is 12.8 Å². The van der Waals surface area contributed by atoms with Crippen LogP contribution in [0.15, 0.2) is 0 Å². The predicted molar refractivity (Wildman–Crippen MR) is 44.1 cm³/mol. The second kappa shape index (κ2) is 4.34. The van der Waals surface area contributed by atoms with E-state index >= 15 is 0 Å². The first-order valence-corrected chi connectivity index (χ1v) is 3.94. The summed E-state index contributed by atoms with van der Waals surface area (Å²) in [5.74, 6) is -0.328. The molecular formula is C8H17NO2. The summed E-state index contributed by atoms with van der Waals surface area (Å²) >= 11 is 0. The van der Waals surface area contributed by atoms with Crippen LogP contribution >= 0.6 is 0 Å². The highest BCUT2D eigenvalue weighted by atomic mass is 16.5. The molecule has 0 aromatic rings. The van der Waals surface area contributed by atoms with Gasteiger partial charge in [0.1, 0.15) is 5.54 Å². The molecule has 0 aromatic carbocycles. The van der Waals surface area contributed by atoms with E-state index in [1.165, 1.54) is 0 Å². The average molecular weight is 159 g/mol. The van der Waals surface area contributed by atoms with E-state index in [1.807, 2.05) is 6.92 Å². The SMILES string of the molecule is CCCCOC(=O)C(C)(C)N. The second-order valence-corrected chi connectivity index (χ2v) is 3.21. The van der Waals surface area contributed by atoms with Crippen molar-refractivity contribution in [1.82, 2.24) is 0 Å². The minimum absolute atomic E-state index is 0.328. The van der Waals surface area contributed by atoms with Crippen molar-refractivity contribution >= 4 is 5.97 Å². The van der Waals surface area contributed by atoms with Gasteiger partial charge in [0.2, 0.25) is 0 Å². The minimum atomic E-state index is -0.853. The third kappa shape index (κ3) is 4.79. The van der Waals surface area contributed by atoms with E-state index in [1.54, 1.807) is 13.8 Å². The highest BCUT2D eigenvalue weighted by Gasteiger charge is 2.22. The number of ether oxygens (including phenoxy) is 1. The van der Waals surface area contributed by atoms with Gasteiger partial charge in [-0.1, -0.05) is 13.3 Å². The topological polar surface area (TPSA) is 52.3 Å². The summed E-state index contributed by atoms with van der Waals surface area (Å²) in [7, 11) is 0. The summed E-state index contributed by atoms with van der Waals surface area (Å²) in [6, 6.07) is 0. The summed E-state index contributed by atoms with van der Waals surface area (Å²) in [5, 5.41) is 0. The lowest BCUT2D eigenvalue weighted by molar-refractivity contribution is -0.148. The number of hydrogen-bond donors (Lipinski definition) is 1. The summed E-state index contributed by atoms with van der Waals surface area (Å²) in [6.45, 7) is 5.81. The highest BCUT2D eigenvalue weighted by Crippen LogP contribution is 2.00. The van der Waals surface area contributed by atoms with Crippen molar-refractivity contribution in [3.05, 3.63) is 0 Å². The van der Waals surface area contributed by atoms with Gasteiger partial charge in [-0.25, -0.2) is 0 Å². The van der Waals surface area contributed by atoms with Crippen molar-refractivity contribution in [1.29, 1.82) is 0 Å². The third-order valence-electron chi connectivity index (χ3n) is 1.26. The maximum Gasteiger partial charge on any atom is 0.325 e. The van der Waals surface area contributed by atoms with Crippen LogP contribution in [0.3, 0.4) is 0 Å². The molecule has 0 aliphatic carbocycles. The van der Waals surface area contributed by atoms with Gasteiger partial charge in [-0.3, -0.25) is 4.79 Å². The maximum absolute atomic E-state index is 11.0. The number of nitrogens with two attached hydrogens (primary N) is 1. The zero-order valence-electron chi connectivity index (χ0n) is 7.52. The summed E-state index contributed by atoms with van der Waals surface area (Å²) in [6.07, 6.45) is 1.93. The quantitative estimate of drug-likeness (QED) is 0.493. The van der Waals surface area contributed by atoms with E-state index in [9.17, 15) is 4.79 Å². The molecule has 66 valence electrons. The first-order valence-electron chi connectivity index (χ1n) is 3.94. The molecule has 2 N–H and O–H groups in total. The second-order valence-electron chi connectivity index (χ2n) is 3.21.